The third kappa shape index (κ3) is 5.38. The Balaban J connectivity index is 1.39. The number of nitrogens with zero attached hydrogens (tertiary/aromatic N) is 4. The largest absolute Gasteiger partial charge is 0.490 e. The standard InChI is InChI=1S/C21H25N5O4S/c1-14(2)20(15-6-7-17-18(11-15)30-10-4-9-29-17)22-19(27)13-31-21-23-24-25-26(21)12-16-5-3-8-28-16/h3,5-8,11,14,20H,4,9-10,12-13H2,1-2H3,(H,22,27). The van der Waals surface area contributed by atoms with Crippen LogP contribution in [0.2, 0.25) is 0 Å². The van der Waals surface area contributed by atoms with Gasteiger partial charge in [0.15, 0.2) is 11.5 Å². The highest BCUT2D eigenvalue weighted by Gasteiger charge is 2.22. The van der Waals surface area contributed by atoms with Crippen LogP contribution in [0, 0.1) is 5.92 Å². The number of carbonyl (C=O) groups is 1. The van der Waals surface area contributed by atoms with Gasteiger partial charge in [0.25, 0.3) is 0 Å². The van der Waals surface area contributed by atoms with Crippen molar-refractivity contribution in [3.63, 3.8) is 0 Å². The molecule has 1 amide bonds. The van der Waals surface area contributed by atoms with Crippen LogP contribution in [0.3, 0.4) is 0 Å². The lowest BCUT2D eigenvalue weighted by Crippen LogP contribution is -2.33. The van der Waals surface area contributed by atoms with Gasteiger partial charge in [0, 0.05) is 6.42 Å². The van der Waals surface area contributed by atoms with Crippen LogP contribution < -0.4 is 14.8 Å². The second kappa shape index (κ2) is 9.86. The summed E-state index contributed by atoms with van der Waals surface area (Å²) in [5.74, 6) is 2.52. The molecule has 0 fully saturated rings. The smallest absolute Gasteiger partial charge is 0.230 e. The molecule has 31 heavy (non-hydrogen) atoms. The minimum absolute atomic E-state index is 0.0941. The maximum Gasteiger partial charge on any atom is 0.230 e. The van der Waals surface area contributed by atoms with E-state index < -0.39 is 0 Å². The number of carbonyl (C=O) groups excluding carboxylic acids is 1. The third-order valence-corrected chi connectivity index (χ3v) is 5.79. The van der Waals surface area contributed by atoms with Crippen molar-refractivity contribution in [2.24, 2.45) is 5.92 Å². The molecule has 1 aliphatic rings. The molecular weight excluding hydrogens is 418 g/mol. The van der Waals surface area contributed by atoms with E-state index in [1.165, 1.54) is 11.8 Å². The number of furan rings is 1. The van der Waals surface area contributed by atoms with Crippen LogP contribution in [0.15, 0.2) is 46.2 Å². The molecule has 4 rings (SSSR count). The number of benzene rings is 1. The quantitative estimate of drug-likeness (QED) is 0.530. The molecule has 0 saturated heterocycles. The zero-order valence-electron chi connectivity index (χ0n) is 17.5. The Morgan fingerprint density at radius 1 is 1.23 bits per heavy atom. The fourth-order valence-electron chi connectivity index (χ4n) is 3.30. The van der Waals surface area contributed by atoms with E-state index in [0.717, 1.165) is 29.2 Å². The van der Waals surface area contributed by atoms with Crippen molar-refractivity contribution in [2.75, 3.05) is 19.0 Å². The van der Waals surface area contributed by atoms with Crippen molar-refractivity contribution in [1.29, 1.82) is 0 Å². The van der Waals surface area contributed by atoms with Crippen molar-refractivity contribution in [2.45, 2.75) is 38.0 Å². The molecule has 1 unspecified atom stereocenters. The Morgan fingerprint density at radius 2 is 2.06 bits per heavy atom. The van der Waals surface area contributed by atoms with Crippen LogP contribution in [0.1, 0.15) is 37.6 Å². The van der Waals surface area contributed by atoms with Crippen molar-refractivity contribution in [1.82, 2.24) is 25.5 Å². The summed E-state index contributed by atoms with van der Waals surface area (Å²) in [6.07, 6.45) is 2.45. The Hall–Kier alpha value is -3.01. The number of tetrazole rings is 1. The first-order valence-corrected chi connectivity index (χ1v) is 11.2. The number of hydrogen-bond donors (Lipinski definition) is 1. The number of nitrogens with one attached hydrogen (secondary N) is 1. The molecule has 3 aromatic rings. The van der Waals surface area contributed by atoms with Crippen LogP contribution in [0.25, 0.3) is 0 Å². The SMILES string of the molecule is CC(C)C(NC(=O)CSc1nnnn1Cc1ccco1)c1ccc2c(c1)OCCCO2. The van der Waals surface area contributed by atoms with Crippen molar-refractivity contribution in [3.05, 3.63) is 47.9 Å². The molecule has 0 saturated carbocycles. The average Bonchev–Trinajstić information content (AvgIpc) is 3.37. The molecule has 0 bridgehead atoms. The molecule has 1 atom stereocenters. The molecular formula is C21H25N5O4S. The number of hydrogen-bond acceptors (Lipinski definition) is 8. The molecule has 164 valence electrons. The molecule has 2 aromatic heterocycles. The summed E-state index contributed by atoms with van der Waals surface area (Å²) < 4.78 is 18.5. The lowest BCUT2D eigenvalue weighted by Gasteiger charge is -2.23. The normalized spacial score (nSPS) is 14.3. The fraction of sp³-hybridized carbons (Fsp3) is 0.429. The van der Waals surface area contributed by atoms with Crippen LogP contribution >= 0.6 is 11.8 Å². The van der Waals surface area contributed by atoms with E-state index in [2.05, 4.69) is 34.7 Å². The van der Waals surface area contributed by atoms with Gasteiger partial charge in [-0.2, -0.15) is 0 Å². The Morgan fingerprint density at radius 3 is 2.84 bits per heavy atom. The predicted molar refractivity (Wildman–Crippen MR) is 114 cm³/mol. The van der Waals surface area contributed by atoms with E-state index in [1.54, 1.807) is 10.9 Å². The number of amides is 1. The molecule has 1 aliphatic heterocycles. The summed E-state index contributed by atoms with van der Waals surface area (Å²) in [5.41, 5.74) is 0.986. The summed E-state index contributed by atoms with van der Waals surface area (Å²) in [7, 11) is 0. The number of ether oxygens (including phenoxy) is 2. The van der Waals surface area contributed by atoms with Gasteiger partial charge in [0.05, 0.1) is 31.3 Å². The zero-order valence-corrected chi connectivity index (χ0v) is 18.3. The van der Waals surface area contributed by atoms with Gasteiger partial charge in [0.1, 0.15) is 12.3 Å². The molecule has 1 aromatic carbocycles. The summed E-state index contributed by atoms with van der Waals surface area (Å²) in [6, 6.07) is 9.37. The Kier molecular flexibility index (Phi) is 6.76. The maximum absolute atomic E-state index is 12.7. The molecule has 9 nitrogen and oxygen atoms in total. The predicted octanol–water partition coefficient (Wildman–Crippen LogP) is 3.08. The number of fused-ring (bicyclic) bond motifs is 1. The second-order valence-corrected chi connectivity index (χ2v) is 8.48. The zero-order chi connectivity index (χ0) is 21.6. The fourth-order valence-corrected chi connectivity index (χ4v) is 3.99. The maximum atomic E-state index is 12.7. The van der Waals surface area contributed by atoms with Gasteiger partial charge in [0.2, 0.25) is 11.1 Å². The molecule has 0 radical (unpaired) electrons. The van der Waals surface area contributed by atoms with Crippen LogP contribution in [0.5, 0.6) is 11.5 Å². The summed E-state index contributed by atoms with van der Waals surface area (Å²) >= 11 is 1.29. The van der Waals surface area contributed by atoms with Crippen LogP contribution in [0.4, 0.5) is 0 Å². The van der Waals surface area contributed by atoms with Crippen LogP contribution in [-0.2, 0) is 11.3 Å². The van der Waals surface area contributed by atoms with E-state index in [0.29, 0.717) is 24.9 Å². The van der Waals surface area contributed by atoms with E-state index in [1.807, 2.05) is 30.3 Å². The first-order chi connectivity index (χ1) is 15.1. The highest BCUT2D eigenvalue weighted by molar-refractivity contribution is 7.99. The van der Waals surface area contributed by atoms with Gasteiger partial charge in [-0.1, -0.05) is 31.7 Å². The monoisotopic (exact) mass is 443 g/mol. The first-order valence-electron chi connectivity index (χ1n) is 10.2. The third-order valence-electron chi connectivity index (χ3n) is 4.83. The topological polar surface area (TPSA) is 104 Å². The number of aromatic nitrogens is 4. The Bertz CT molecular complexity index is 1010. The molecule has 0 aliphatic carbocycles. The number of rotatable bonds is 8. The van der Waals surface area contributed by atoms with Crippen molar-refractivity contribution >= 4 is 17.7 Å². The van der Waals surface area contributed by atoms with Gasteiger partial charge >= 0.3 is 0 Å². The van der Waals surface area contributed by atoms with Gasteiger partial charge < -0.3 is 19.2 Å². The van der Waals surface area contributed by atoms with E-state index in [9.17, 15) is 4.79 Å². The molecule has 3 heterocycles. The minimum Gasteiger partial charge on any atom is -0.490 e. The van der Waals surface area contributed by atoms with Gasteiger partial charge in [-0.05, 0) is 46.2 Å². The van der Waals surface area contributed by atoms with Crippen molar-refractivity contribution in [3.8, 4) is 11.5 Å². The van der Waals surface area contributed by atoms with Gasteiger partial charge in [-0.15, -0.1) is 5.10 Å². The highest BCUT2D eigenvalue weighted by Crippen LogP contribution is 2.34. The lowest BCUT2D eigenvalue weighted by atomic mass is 9.95. The van der Waals surface area contributed by atoms with E-state index >= 15 is 0 Å². The molecule has 10 heteroatoms. The van der Waals surface area contributed by atoms with Crippen LogP contribution in [-0.4, -0.2) is 45.1 Å². The second-order valence-electron chi connectivity index (χ2n) is 7.53. The number of thioether (sulfide) groups is 1. The molecule has 1 N–H and O–H groups in total. The lowest BCUT2D eigenvalue weighted by molar-refractivity contribution is -0.119. The van der Waals surface area contributed by atoms with E-state index in [4.69, 9.17) is 13.9 Å². The average molecular weight is 444 g/mol. The first kappa shape index (κ1) is 21.2. The van der Waals surface area contributed by atoms with Gasteiger partial charge in [-0.3, -0.25) is 4.79 Å². The summed E-state index contributed by atoms with van der Waals surface area (Å²) in [4.78, 5) is 12.7. The Labute approximate surface area is 184 Å². The summed E-state index contributed by atoms with van der Waals surface area (Å²) in [5, 5.41) is 15.4. The minimum atomic E-state index is -0.149. The summed E-state index contributed by atoms with van der Waals surface area (Å²) in [6.45, 7) is 5.83. The van der Waals surface area contributed by atoms with Crippen molar-refractivity contribution < 1.29 is 18.7 Å². The van der Waals surface area contributed by atoms with E-state index in [-0.39, 0.29) is 23.6 Å². The van der Waals surface area contributed by atoms with Gasteiger partial charge in [-0.25, -0.2) is 4.68 Å². The molecule has 0 spiro atoms. The highest BCUT2D eigenvalue weighted by atomic mass is 32.2.